The Labute approximate surface area is 330 Å². The monoisotopic (exact) mass is 754 g/mol. The van der Waals surface area contributed by atoms with Gasteiger partial charge in [-0.1, -0.05) is 85.6 Å². The van der Waals surface area contributed by atoms with E-state index in [1.165, 1.54) is 22.3 Å². The molecule has 0 fully saturated rings. The van der Waals surface area contributed by atoms with E-state index in [9.17, 15) is 9.59 Å². The normalized spacial score (nSPS) is 13.2. The maximum absolute atomic E-state index is 11.9. The van der Waals surface area contributed by atoms with Crippen molar-refractivity contribution in [2.45, 2.75) is 99.1 Å². The molecule has 0 bridgehead atoms. The molecule has 0 radical (unpaired) electrons. The van der Waals surface area contributed by atoms with Crippen molar-refractivity contribution in [3.8, 4) is 0 Å². The molecule has 10 nitrogen and oxygen atoms in total. The number of carbonyl (C=O) groups is 2. The lowest BCUT2D eigenvalue weighted by Crippen LogP contribution is -2.10. The Hall–Kier alpha value is -5.90. The molecule has 10 heteroatoms. The molecule has 2 unspecified atom stereocenters. The summed E-state index contributed by atoms with van der Waals surface area (Å²) in [4.78, 5) is 41.3. The van der Waals surface area contributed by atoms with Gasteiger partial charge in [-0.15, -0.1) is 0 Å². The first-order valence-electron chi connectivity index (χ1n) is 19.3. The van der Waals surface area contributed by atoms with Crippen molar-refractivity contribution in [3.05, 3.63) is 130 Å². The van der Waals surface area contributed by atoms with Gasteiger partial charge in [-0.3, -0.25) is 9.59 Å². The minimum absolute atomic E-state index is 0.0572. The number of carboxylic acid groups (broad SMARTS) is 1. The lowest BCUT2D eigenvalue weighted by molar-refractivity contribution is -0.143. The van der Waals surface area contributed by atoms with Crippen molar-refractivity contribution >= 4 is 45.4 Å². The van der Waals surface area contributed by atoms with Crippen molar-refractivity contribution < 1.29 is 19.4 Å². The van der Waals surface area contributed by atoms with E-state index in [2.05, 4.69) is 113 Å². The number of carboxylic acids is 1. The summed E-state index contributed by atoms with van der Waals surface area (Å²) in [5.74, 6) is 2.03. The van der Waals surface area contributed by atoms with E-state index in [4.69, 9.17) is 9.84 Å². The van der Waals surface area contributed by atoms with Gasteiger partial charge in [0.1, 0.15) is 23.3 Å². The summed E-state index contributed by atoms with van der Waals surface area (Å²) >= 11 is 0. The van der Waals surface area contributed by atoms with Crippen molar-refractivity contribution in [3.63, 3.8) is 0 Å². The number of hydrogen-bond donors (Lipinski definition) is 3. The molecule has 2 heterocycles. The molecule has 6 aromatic rings. The number of aromatic nitrogens is 4. The quantitative estimate of drug-likeness (QED) is 0.0976. The number of aliphatic carboxylic acids is 1. The molecule has 4 atom stereocenters. The van der Waals surface area contributed by atoms with Gasteiger partial charge in [0.15, 0.2) is 0 Å². The number of anilines is 2. The molecule has 6 rings (SSSR count). The van der Waals surface area contributed by atoms with Crippen LogP contribution < -0.4 is 10.6 Å². The van der Waals surface area contributed by atoms with Crippen LogP contribution in [0.25, 0.3) is 21.8 Å². The Morgan fingerprint density at radius 1 is 0.607 bits per heavy atom. The van der Waals surface area contributed by atoms with Gasteiger partial charge in [0.2, 0.25) is 0 Å². The highest BCUT2D eigenvalue weighted by Crippen LogP contribution is 2.31. The molecule has 4 aromatic carbocycles. The molecule has 56 heavy (non-hydrogen) atoms. The predicted molar refractivity (Wildman–Crippen MR) is 225 cm³/mol. The van der Waals surface area contributed by atoms with Gasteiger partial charge in [-0.25, -0.2) is 19.9 Å². The summed E-state index contributed by atoms with van der Waals surface area (Å²) in [6, 6.07) is 29.1. The summed E-state index contributed by atoms with van der Waals surface area (Å²) in [5.41, 5.74) is 8.64. The van der Waals surface area contributed by atoms with Crippen molar-refractivity contribution in [2.24, 2.45) is 0 Å². The molecule has 0 amide bonds. The Kier molecular flexibility index (Phi) is 13.7. The zero-order valence-corrected chi connectivity index (χ0v) is 34.0. The summed E-state index contributed by atoms with van der Waals surface area (Å²) in [7, 11) is 0. The van der Waals surface area contributed by atoms with E-state index >= 15 is 0 Å². The lowest BCUT2D eigenvalue weighted by atomic mass is 9.96. The van der Waals surface area contributed by atoms with E-state index in [-0.39, 0.29) is 36.3 Å². The number of carbonyl (C=O) groups excluding carboxylic acids is 1. The van der Waals surface area contributed by atoms with E-state index < -0.39 is 5.97 Å². The number of ether oxygens (including phenoxy) is 1. The van der Waals surface area contributed by atoms with Crippen molar-refractivity contribution in [1.82, 2.24) is 19.9 Å². The molecular formula is C46H54N6O4. The zero-order chi connectivity index (χ0) is 40.5. The zero-order valence-electron chi connectivity index (χ0n) is 34.0. The lowest BCUT2D eigenvalue weighted by Gasteiger charge is -2.18. The van der Waals surface area contributed by atoms with Gasteiger partial charge >= 0.3 is 11.9 Å². The third-order valence-electron chi connectivity index (χ3n) is 9.85. The van der Waals surface area contributed by atoms with Gasteiger partial charge in [-0.2, -0.15) is 0 Å². The van der Waals surface area contributed by atoms with Crippen LogP contribution in [0.1, 0.15) is 116 Å². The van der Waals surface area contributed by atoms with Crippen molar-refractivity contribution in [2.75, 3.05) is 17.2 Å². The summed E-state index contributed by atoms with van der Waals surface area (Å²) in [6.45, 7) is 18.4. The average molecular weight is 755 g/mol. The maximum atomic E-state index is 11.9. The van der Waals surface area contributed by atoms with Crippen LogP contribution in [-0.2, 0) is 14.3 Å². The number of aryl methyl sites for hydroxylation is 4. The number of hydrogen-bond acceptors (Lipinski definition) is 9. The fraction of sp³-hybridized carbons (Fsp3) is 0.348. The first-order valence-corrected chi connectivity index (χ1v) is 19.3. The largest absolute Gasteiger partial charge is 0.481 e. The first kappa shape index (κ1) is 41.3. The van der Waals surface area contributed by atoms with Gasteiger partial charge in [0.25, 0.3) is 0 Å². The SMILES string of the molecule is CCOC(=O)CC(C)c1ccc2nc(C)nc(N[C@H](C)c3cccc(C)c3)c2c1.Cc1cccc([C@@H](C)Nc2nc(C)nc3ccc(C(C)CC(=O)O)cc23)c1. The molecule has 3 N–H and O–H groups in total. The molecule has 0 aliphatic heterocycles. The fourth-order valence-electron chi connectivity index (χ4n) is 6.78. The van der Waals surface area contributed by atoms with Crippen LogP contribution in [0.15, 0.2) is 84.9 Å². The molecular weight excluding hydrogens is 701 g/mol. The van der Waals surface area contributed by atoms with Gasteiger partial charge in [-0.05, 0) is 107 Å². The molecule has 0 saturated heterocycles. The molecule has 2 aromatic heterocycles. The average Bonchev–Trinajstić information content (AvgIpc) is 3.14. The smallest absolute Gasteiger partial charge is 0.306 e. The number of benzene rings is 4. The molecule has 0 aliphatic carbocycles. The molecule has 292 valence electrons. The van der Waals surface area contributed by atoms with Gasteiger partial charge < -0.3 is 20.5 Å². The number of nitrogens with zero attached hydrogens (tertiary/aromatic N) is 4. The molecule has 0 spiro atoms. The summed E-state index contributed by atoms with van der Waals surface area (Å²) in [6.07, 6.45) is 0.454. The third kappa shape index (κ3) is 10.9. The van der Waals surface area contributed by atoms with Crippen LogP contribution in [-0.4, -0.2) is 43.6 Å². The van der Waals surface area contributed by atoms with Gasteiger partial charge in [0.05, 0.1) is 30.5 Å². The summed E-state index contributed by atoms with van der Waals surface area (Å²) in [5, 5.41) is 18.0. The second-order valence-corrected chi connectivity index (χ2v) is 14.8. The van der Waals surface area contributed by atoms with E-state index in [0.717, 1.165) is 50.4 Å². The maximum Gasteiger partial charge on any atom is 0.306 e. The van der Waals surface area contributed by atoms with Crippen molar-refractivity contribution in [1.29, 1.82) is 0 Å². The van der Waals surface area contributed by atoms with Crippen LogP contribution in [0.3, 0.4) is 0 Å². The molecule has 0 saturated carbocycles. The Bertz CT molecular complexity index is 2330. The van der Waals surface area contributed by atoms with E-state index in [1.54, 1.807) is 0 Å². The Morgan fingerprint density at radius 3 is 1.46 bits per heavy atom. The first-order chi connectivity index (χ1) is 26.7. The predicted octanol–water partition coefficient (Wildman–Crippen LogP) is 10.5. The third-order valence-corrected chi connectivity index (χ3v) is 9.85. The summed E-state index contributed by atoms with van der Waals surface area (Å²) < 4.78 is 5.10. The minimum Gasteiger partial charge on any atom is -0.481 e. The highest BCUT2D eigenvalue weighted by molar-refractivity contribution is 5.91. The number of fused-ring (bicyclic) bond motifs is 2. The fourth-order valence-corrected chi connectivity index (χ4v) is 6.78. The topological polar surface area (TPSA) is 139 Å². The van der Waals surface area contributed by atoms with Crippen LogP contribution >= 0.6 is 0 Å². The van der Waals surface area contributed by atoms with Crippen LogP contribution in [0.5, 0.6) is 0 Å². The Balaban J connectivity index is 0.000000215. The second-order valence-electron chi connectivity index (χ2n) is 14.8. The van der Waals surface area contributed by atoms with Crippen LogP contribution in [0.2, 0.25) is 0 Å². The van der Waals surface area contributed by atoms with E-state index in [1.807, 2.05) is 65.0 Å². The number of rotatable bonds is 13. The minimum atomic E-state index is -0.797. The highest BCUT2D eigenvalue weighted by Gasteiger charge is 2.17. The second kappa shape index (κ2) is 18.6. The van der Waals surface area contributed by atoms with E-state index in [0.29, 0.717) is 18.9 Å². The number of nitrogens with one attached hydrogen (secondary N) is 2. The standard InChI is InChI=1S/C24H29N3O2.C22H25N3O2/c1-6-29-23(28)13-16(3)19-10-11-22-21(14-19)24(27-18(5)26-22)25-17(4)20-9-7-8-15(2)12-20;1-13-6-5-7-18(10-13)15(3)23-22-19-12-17(14(2)11-21(26)27)8-9-20(19)24-16(4)25-22/h7-12,14,16-17H,6,13H2,1-5H3,(H,25,26,27);5-10,12,14-15H,11H2,1-4H3,(H,26,27)(H,23,24,25)/t16?,17-;14?,15-/m11/s1. The number of esters is 1. The van der Waals surface area contributed by atoms with Crippen LogP contribution in [0, 0.1) is 27.7 Å². The highest BCUT2D eigenvalue weighted by atomic mass is 16.5. The van der Waals surface area contributed by atoms with Gasteiger partial charge in [0, 0.05) is 22.9 Å². The Morgan fingerprint density at radius 2 is 1.05 bits per heavy atom. The molecule has 0 aliphatic rings. The van der Waals surface area contributed by atoms with Crippen LogP contribution in [0.4, 0.5) is 11.6 Å².